The van der Waals surface area contributed by atoms with E-state index >= 15 is 0 Å². The molecular formula is C16H24ClNO3. The fraction of sp³-hybridized carbons (Fsp3) is 0.625. The van der Waals surface area contributed by atoms with Crippen LogP contribution in [-0.2, 0) is 16.0 Å². The summed E-state index contributed by atoms with van der Waals surface area (Å²) in [6, 6.07) is 5.81. The van der Waals surface area contributed by atoms with Crippen molar-refractivity contribution < 1.29 is 14.2 Å². The first-order valence-electron chi connectivity index (χ1n) is 7.49. The third-order valence-electron chi connectivity index (χ3n) is 3.68. The fourth-order valence-corrected chi connectivity index (χ4v) is 2.59. The van der Waals surface area contributed by atoms with Crippen LogP contribution in [0.3, 0.4) is 0 Å². The Balaban J connectivity index is 1.89. The maximum atomic E-state index is 6.29. The predicted octanol–water partition coefficient (Wildman–Crippen LogP) is 2.88. The molecule has 2 rings (SSSR count). The molecule has 1 saturated heterocycles. The second-order valence-electron chi connectivity index (χ2n) is 5.25. The van der Waals surface area contributed by atoms with Gasteiger partial charge < -0.3 is 19.5 Å². The molecule has 0 amide bonds. The van der Waals surface area contributed by atoms with Gasteiger partial charge in [0.1, 0.15) is 5.75 Å². The zero-order chi connectivity index (χ0) is 14.9. The topological polar surface area (TPSA) is 39.7 Å². The van der Waals surface area contributed by atoms with Crippen molar-refractivity contribution in [2.75, 3.05) is 40.1 Å². The maximum absolute atomic E-state index is 6.29. The minimum Gasteiger partial charge on any atom is -0.493 e. The number of hydrogen-bond donors (Lipinski definition) is 1. The van der Waals surface area contributed by atoms with Crippen LogP contribution in [0.2, 0.25) is 5.02 Å². The maximum Gasteiger partial charge on any atom is 0.125 e. The van der Waals surface area contributed by atoms with Gasteiger partial charge in [-0.3, -0.25) is 0 Å². The first-order chi connectivity index (χ1) is 10.3. The summed E-state index contributed by atoms with van der Waals surface area (Å²) < 4.78 is 16.4. The van der Waals surface area contributed by atoms with E-state index in [-0.39, 0.29) is 0 Å². The largest absolute Gasteiger partial charge is 0.493 e. The van der Waals surface area contributed by atoms with Crippen LogP contribution >= 0.6 is 11.6 Å². The minimum atomic E-state index is 0.576. The van der Waals surface area contributed by atoms with E-state index in [1.165, 1.54) is 0 Å². The molecule has 0 spiro atoms. The van der Waals surface area contributed by atoms with Crippen LogP contribution in [0.15, 0.2) is 18.2 Å². The van der Waals surface area contributed by atoms with Crippen molar-refractivity contribution in [1.82, 2.24) is 5.32 Å². The molecule has 0 unspecified atom stereocenters. The van der Waals surface area contributed by atoms with Crippen molar-refractivity contribution >= 4 is 11.6 Å². The molecule has 21 heavy (non-hydrogen) atoms. The van der Waals surface area contributed by atoms with E-state index in [0.29, 0.717) is 19.1 Å². The molecule has 0 radical (unpaired) electrons. The van der Waals surface area contributed by atoms with Crippen molar-refractivity contribution in [3.8, 4) is 5.75 Å². The summed E-state index contributed by atoms with van der Waals surface area (Å²) in [4.78, 5) is 0. The van der Waals surface area contributed by atoms with Crippen molar-refractivity contribution in [3.63, 3.8) is 0 Å². The highest BCUT2D eigenvalue weighted by atomic mass is 35.5. The lowest BCUT2D eigenvalue weighted by Crippen LogP contribution is -2.22. The Morgan fingerprint density at radius 1 is 1.33 bits per heavy atom. The zero-order valence-corrected chi connectivity index (χ0v) is 13.3. The number of rotatable bonds is 8. The van der Waals surface area contributed by atoms with Gasteiger partial charge in [0.15, 0.2) is 0 Å². The lowest BCUT2D eigenvalue weighted by molar-refractivity contribution is 0.0496. The predicted molar refractivity (Wildman–Crippen MR) is 84.1 cm³/mol. The van der Waals surface area contributed by atoms with Gasteiger partial charge in [0, 0.05) is 44.0 Å². The van der Waals surface area contributed by atoms with E-state index in [0.717, 1.165) is 55.5 Å². The molecule has 0 saturated carbocycles. The molecule has 5 heteroatoms. The SMILES string of the molecule is COCCNCc1c(Cl)cccc1OCC1CCOCC1. The average molecular weight is 314 g/mol. The first kappa shape index (κ1) is 16.6. The van der Waals surface area contributed by atoms with E-state index in [4.69, 9.17) is 25.8 Å². The van der Waals surface area contributed by atoms with Crippen molar-refractivity contribution in [2.45, 2.75) is 19.4 Å². The van der Waals surface area contributed by atoms with Crippen LogP contribution < -0.4 is 10.1 Å². The fourth-order valence-electron chi connectivity index (χ4n) is 2.35. The van der Waals surface area contributed by atoms with Gasteiger partial charge in [-0.05, 0) is 30.9 Å². The van der Waals surface area contributed by atoms with Crippen LogP contribution in [0.25, 0.3) is 0 Å². The van der Waals surface area contributed by atoms with Gasteiger partial charge >= 0.3 is 0 Å². The van der Waals surface area contributed by atoms with E-state index in [9.17, 15) is 0 Å². The van der Waals surface area contributed by atoms with Gasteiger partial charge in [-0.1, -0.05) is 17.7 Å². The number of methoxy groups -OCH3 is 1. The van der Waals surface area contributed by atoms with Crippen LogP contribution in [0.4, 0.5) is 0 Å². The Labute approximate surface area is 131 Å². The van der Waals surface area contributed by atoms with Gasteiger partial charge in [-0.25, -0.2) is 0 Å². The molecule has 1 heterocycles. The van der Waals surface area contributed by atoms with E-state index < -0.39 is 0 Å². The highest BCUT2D eigenvalue weighted by molar-refractivity contribution is 6.31. The van der Waals surface area contributed by atoms with Gasteiger partial charge in [-0.2, -0.15) is 0 Å². The molecule has 1 aromatic rings. The summed E-state index contributed by atoms with van der Waals surface area (Å²) in [5.41, 5.74) is 1.02. The van der Waals surface area contributed by atoms with Crippen LogP contribution in [0.1, 0.15) is 18.4 Å². The molecule has 0 aliphatic carbocycles. The smallest absolute Gasteiger partial charge is 0.125 e. The molecule has 1 aromatic carbocycles. The average Bonchev–Trinajstić information content (AvgIpc) is 2.52. The Morgan fingerprint density at radius 2 is 2.14 bits per heavy atom. The summed E-state index contributed by atoms with van der Waals surface area (Å²) in [5, 5.41) is 4.05. The molecule has 1 fully saturated rings. The second kappa shape index (κ2) is 9.26. The highest BCUT2D eigenvalue weighted by Gasteiger charge is 2.16. The molecule has 0 bridgehead atoms. The Hall–Kier alpha value is -0.810. The normalized spacial score (nSPS) is 16.1. The summed E-state index contributed by atoms with van der Waals surface area (Å²) >= 11 is 6.29. The van der Waals surface area contributed by atoms with Gasteiger partial charge in [0.25, 0.3) is 0 Å². The third-order valence-corrected chi connectivity index (χ3v) is 4.03. The second-order valence-corrected chi connectivity index (χ2v) is 5.66. The van der Waals surface area contributed by atoms with Crippen LogP contribution in [-0.4, -0.2) is 40.1 Å². The van der Waals surface area contributed by atoms with Gasteiger partial charge in [0.05, 0.1) is 13.2 Å². The number of hydrogen-bond acceptors (Lipinski definition) is 4. The monoisotopic (exact) mass is 313 g/mol. The summed E-state index contributed by atoms with van der Waals surface area (Å²) in [5.74, 6) is 1.45. The summed E-state index contributed by atoms with van der Waals surface area (Å²) in [6.45, 7) is 4.58. The lowest BCUT2D eigenvalue weighted by atomic mass is 10.0. The van der Waals surface area contributed by atoms with Crippen molar-refractivity contribution in [1.29, 1.82) is 0 Å². The van der Waals surface area contributed by atoms with E-state index in [2.05, 4.69) is 5.32 Å². The standard InChI is InChI=1S/C16H24ClNO3/c1-19-10-7-18-11-14-15(17)3-2-4-16(14)21-12-13-5-8-20-9-6-13/h2-4,13,18H,5-12H2,1H3. The molecule has 0 atom stereocenters. The Morgan fingerprint density at radius 3 is 2.90 bits per heavy atom. The van der Waals surface area contributed by atoms with Crippen molar-refractivity contribution in [2.24, 2.45) is 5.92 Å². The molecule has 0 aromatic heterocycles. The van der Waals surface area contributed by atoms with E-state index in [1.807, 2.05) is 18.2 Å². The molecular weight excluding hydrogens is 290 g/mol. The molecule has 118 valence electrons. The van der Waals surface area contributed by atoms with Crippen molar-refractivity contribution in [3.05, 3.63) is 28.8 Å². The summed E-state index contributed by atoms with van der Waals surface area (Å²) in [6.07, 6.45) is 2.14. The molecule has 1 aliphatic heterocycles. The molecule has 1 aliphatic rings. The highest BCUT2D eigenvalue weighted by Crippen LogP contribution is 2.27. The Bertz CT molecular complexity index is 422. The third kappa shape index (κ3) is 5.47. The number of nitrogens with one attached hydrogen (secondary N) is 1. The molecule has 1 N–H and O–H groups in total. The summed E-state index contributed by atoms with van der Waals surface area (Å²) in [7, 11) is 1.69. The number of ether oxygens (including phenoxy) is 3. The number of halogens is 1. The Kier molecular flexibility index (Phi) is 7.30. The van der Waals surface area contributed by atoms with Crippen LogP contribution in [0, 0.1) is 5.92 Å². The first-order valence-corrected chi connectivity index (χ1v) is 7.86. The van der Waals surface area contributed by atoms with Crippen LogP contribution in [0.5, 0.6) is 5.75 Å². The van der Waals surface area contributed by atoms with Gasteiger partial charge in [0.2, 0.25) is 0 Å². The van der Waals surface area contributed by atoms with Gasteiger partial charge in [-0.15, -0.1) is 0 Å². The lowest BCUT2D eigenvalue weighted by Gasteiger charge is -2.23. The molecule has 4 nitrogen and oxygen atoms in total. The quantitative estimate of drug-likeness (QED) is 0.749. The minimum absolute atomic E-state index is 0.576. The zero-order valence-electron chi connectivity index (χ0n) is 12.6. The van der Waals surface area contributed by atoms with E-state index in [1.54, 1.807) is 7.11 Å². The number of benzene rings is 1.